The van der Waals surface area contributed by atoms with Gasteiger partial charge < -0.3 is 10.1 Å². The normalized spacial score (nSPS) is 24.5. The number of carbonyl (C=O) groups excluding carboxylic acids is 1. The van der Waals surface area contributed by atoms with Gasteiger partial charge in [0, 0.05) is 12.1 Å². The third-order valence-electron chi connectivity index (χ3n) is 6.40. The van der Waals surface area contributed by atoms with Gasteiger partial charge in [-0.05, 0) is 57.2 Å². The van der Waals surface area contributed by atoms with Gasteiger partial charge in [-0.25, -0.2) is 4.79 Å². The van der Waals surface area contributed by atoms with Crippen molar-refractivity contribution >= 4 is 17.5 Å². The van der Waals surface area contributed by atoms with Crippen LogP contribution >= 0.6 is 0 Å². The van der Waals surface area contributed by atoms with E-state index in [2.05, 4.69) is 5.32 Å². The Kier molecular flexibility index (Phi) is 5.74. The fourth-order valence-electron chi connectivity index (χ4n) is 5.00. The molecule has 2 aromatic carbocycles. The number of anilines is 1. The molecule has 4 rings (SSSR count). The van der Waals surface area contributed by atoms with Gasteiger partial charge in [0.1, 0.15) is 22.9 Å². The number of carbonyl (C=O) groups is 1. The molecule has 0 spiro atoms. The molecule has 0 radical (unpaired) electrons. The largest absolute Gasteiger partial charge is 0.441 e. The van der Waals surface area contributed by atoms with Crippen molar-refractivity contribution in [3.63, 3.8) is 0 Å². The summed E-state index contributed by atoms with van der Waals surface area (Å²) in [6, 6.07) is 16.5. The number of rotatable bonds is 5. The van der Waals surface area contributed by atoms with E-state index in [0.29, 0.717) is 5.69 Å². The third kappa shape index (κ3) is 3.98. The second kappa shape index (κ2) is 8.50. The van der Waals surface area contributed by atoms with E-state index >= 15 is 0 Å². The predicted octanol–water partition coefficient (Wildman–Crippen LogP) is 5.16. The molecule has 2 aliphatic rings. The highest BCUT2D eigenvalue weighted by Gasteiger charge is 2.51. The molecule has 1 atom stereocenters. The Morgan fingerprint density at radius 3 is 2.44 bits per heavy atom. The maximum absolute atomic E-state index is 12.8. The van der Waals surface area contributed by atoms with Crippen molar-refractivity contribution in [3.8, 4) is 6.07 Å². The molecule has 1 saturated heterocycles. The molecule has 0 unspecified atom stereocenters. The minimum Gasteiger partial charge on any atom is -0.441 e. The number of cyclic esters (lactones) is 1. The van der Waals surface area contributed by atoms with E-state index in [0.717, 1.165) is 31.2 Å². The van der Waals surface area contributed by atoms with Crippen LogP contribution in [0.4, 0.5) is 16.2 Å². The smallest absolute Gasteiger partial charge is 0.411 e. The Bertz CT molecular complexity index is 1060. The zero-order chi connectivity index (χ0) is 22.9. The maximum atomic E-state index is 12.8. The van der Waals surface area contributed by atoms with E-state index in [9.17, 15) is 20.2 Å². The maximum Gasteiger partial charge on any atom is 0.411 e. The van der Waals surface area contributed by atoms with Crippen molar-refractivity contribution in [2.75, 3.05) is 5.32 Å². The van der Waals surface area contributed by atoms with Crippen LogP contribution in [-0.4, -0.2) is 33.6 Å². The van der Waals surface area contributed by atoms with Crippen molar-refractivity contribution in [3.05, 3.63) is 69.8 Å². The van der Waals surface area contributed by atoms with Crippen LogP contribution in [0.25, 0.3) is 0 Å². The van der Waals surface area contributed by atoms with Crippen LogP contribution in [0.5, 0.6) is 0 Å². The molecule has 0 aromatic heterocycles. The van der Waals surface area contributed by atoms with Crippen LogP contribution in [-0.2, 0) is 4.74 Å². The van der Waals surface area contributed by atoms with E-state index in [1.54, 1.807) is 12.1 Å². The first-order chi connectivity index (χ1) is 15.3. The topological polar surface area (TPSA) is 108 Å². The number of nitrogens with one attached hydrogen (secondary N) is 1. The van der Waals surface area contributed by atoms with Gasteiger partial charge >= 0.3 is 11.8 Å². The number of nitro benzene ring substituents is 1. The molecule has 8 heteroatoms. The van der Waals surface area contributed by atoms with Gasteiger partial charge in [-0.1, -0.05) is 36.4 Å². The first-order valence-electron chi connectivity index (χ1n) is 10.8. The number of hydrogen-bond donors (Lipinski definition) is 1. The summed E-state index contributed by atoms with van der Waals surface area (Å²) in [5.41, 5.74) is 0.632. The number of nitro groups is 1. The average Bonchev–Trinajstić information content (AvgIpc) is 3.02. The molecular formula is C24H26N4O4. The number of nitrogens with zero attached hydrogens (tertiary/aromatic N) is 3. The number of para-hydroxylation sites is 1. The highest BCUT2D eigenvalue weighted by molar-refractivity contribution is 5.72. The van der Waals surface area contributed by atoms with Crippen molar-refractivity contribution in [1.82, 2.24) is 4.90 Å². The molecule has 0 bridgehead atoms. The summed E-state index contributed by atoms with van der Waals surface area (Å²) in [7, 11) is 0. The van der Waals surface area contributed by atoms with Gasteiger partial charge in [0.25, 0.3) is 0 Å². The van der Waals surface area contributed by atoms with E-state index in [4.69, 9.17) is 4.74 Å². The monoisotopic (exact) mass is 434 g/mol. The molecule has 32 heavy (non-hydrogen) atoms. The fourth-order valence-corrected chi connectivity index (χ4v) is 5.00. The molecule has 1 N–H and O–H groups in total. The van der Waals surface area contributed by atoms with Gasteiger partial charge in [0.15, 0.2) is 0 Å². The Morgan fingerprint density at radius 1 is 1.12 bits per heavy atom. The Labute approximate surface area is 186 Å². The minimum absolute atomic E-state index is 0.0284. The second-order valence-corrected chi connectivity index (χ2v) is 8.91. The lowest BCUT2D eigenvalue weighted by atomic mass is 9.86. The van der Waals surface area contributed by atoms with Crippen molar-refractivity contribution < 1.29 is 14.5 Å². The predicted molar refractivity (Wildman–Crippen MR) is 119 cm³/mol. The molecule has 1 amide bonds. The summed E-state index contributed by atoms with van der Waals surface area (Å²) in [6.45, 7) is 3.88. The van der Waals surface area contributed by atoms with E-state index < -0.39 is 10.5 Å². The third-order valence-corrected chi connectivity index (χ3v) is 6.40. The molecular weight excluding hydrogens is 408 g/mol. The number of nitriles is 1. The summed E-state index contributed by atoms with van der Waals surface area (Å²) in [5, 5.41) is 24.0. The van der Waals surface area contributed by atoms with Crippen LogP contribution in [0, 0.1) is 21.4 Å². The van der Waals surface area contributed by atoms with Crippen LogP contribution in [0.1, 0.15) is 56.7 Å². The van der Waals surface area contributed by atoms with E-state index in [1.165, 1.54) is 6.07 Å². The second-order valence-electron chi connectivity index (χ2n) is 8.91. The van der Waals surface area contributed by atoms with Gasteiger partial charge in [0.05, 0.1) is 11.0 Å². The highest BCUT2D eigenvalue weighted by Crippen LogP contribution is 2.44. The Hall–Kier alpha value is -3.60. The number of benzene rings is 2. The van der Waals surface area contributed by atoms with Gasteiger partial charge in [-0.15, -0.1) is 0 Å². The molecule has 2 aromatic rings. The molecule has 1 heterocycles. The van der Waals surface area contributed by atoms with Crippen molar-refractivity contribution in [2.24, 2.45) is 0 Å². The van der Waals surface area contributed by atoms with Crippen molar-refractivity contribution in [2.45, 2.75) is 63.3 Å². The lowest BCUT2D eigenvalue weighted by Gasteiger charge is -2.38. The first kappa shape index (κ1) is 21.6. The van der Waals surface area contributed by atoms with Crippen LogP contribution in [0.2, 0.25) is 0 Å². The van der Waals surface area contributed by atoms with Gasteiger partial charge in [0.2, 0.25) is 0 Å². The van der Waals surface area contributed by atoms with E-state index in [-0.39, 0.29) is 35.5 Å². The summed E-state index contributed by atoms with van der Waals surface area (Å²) in [6.07, 6.45) is 2.74. The van der Waals surface area contributed by atoms with Crippen LogP contribution < -0.4 is 5.32 Å². The highest BCUT2D eigenvalue weighted by atomic mass is 16.6. The lowest BCUT2D eigenvalue weighted by molar-refractivity contribution is -0.384. The standard InChI is InChI=1S/C24H26N4O4/c1-24(2)22(16-7-4-3-5-8-16)27(23(29)32-24)19-13-11-18(12-14-19)26-20-10-6-9-17(15-25)21(20)28(30)31/h3-10,18-19,22,26H,11-14H2,1-2H3/t18-,19-,22-/m0/s1. The van der Waals surface area contributed by atoms with Crippen molar-refractivity contribution in [1.29, 1.82) is 5.26 Å². The zero-order valence-electron chi connectivity index (χ0n) is 18.2. The van der Waals surface area contributed by atoms with E-state index in [1.807, 2.05) is 55.1 Å². The molecule has 1 aliphatic heterocycles. The number of amides is 1. The lowest BCUT2D eigenvalue weighted by Crippen LogP contribution is -2.44. The quantitative estimate of drug-likeness (QED) is 0.514. The van der Waals surface area contributed by atoms with Gasteiger partial charge in [-0.3, -0.25) is 15.0 Å². The Morgan fingerprint density at radius 2 is 1.81 bits per heavy atom. The molecule has 1 saturated carbocycles. The first-order valence-corrected chi connectivity index (χ1v) is 10.8. The number of hydrogen-bond acceptors (Lipinski definition) is 6. The summed E-state index contributed by atoms with van der Waals surface area (Å²) >= 11 is 0. The zero-order valence-corrected chi connectivity index (χ0v) is 18.2. The summed E-state index contributed by atoms with van der Waals surface area (Å²) in [5.74, 6) is 0. The molecule has 8 nitrogen and oxygen atoms in total. The number of ether oxygens (including phenoxy) is 1. The Balaban J connectivity index is 1.49. The van der Waals surface area contributed by atoms with Crippen LogP contribution in [0.3, 0.4) is 0 Å². The van der Waals surface area contributed by atoms with Gasteiger partial charge in [-0.2, -0.15) is 5.26 Å². The summed E-state index contributed by atoms with van der Waals surface area (Å²) in [4.78, 5) is 25.7. The molecule has 166 valence electrons. The molecule has 1 aliphatic carbocycles. The van der Waals surface area contributed by atoms with Crippen LogP contribution in [0.15, 0.2) is 48.5 Å². The SMILES string of the molecule is CC1(C)OC(=O)N([C@H]2CC[C@H](Nc3cccc(C#N)c3[N+](=O)[O-])CC2)[C@H]1c1ccccc1. The summed E-state index contributed by atoms with van der Waals surface area (Å²) < 4.78 is 5.74. The molecule has 2 fully saturated rings. The fraction of sp³-hybridized carbons (Fsp3) is 0.417. The average molecular weight is 434 g/mol. The minimum atomic E-state index is -0.633.